The molecule has 1 N–H and O–H groups in total. The van der Waals surface area contributed by atoms with E-state index >= 15 is 0 Å². The van der Waals surface area contributed by atoms with Crippen molar-refractivity contribution in [2.45, 2.75) is 38.1 Å². The number of nitrogens with one attached hydrogen (secondary N) is 1. The van der Waals surface area contributed by atoms with Crippen LogP contribution in [0.2, 0.25) is 0 Å². The number of sulfone groups is 1. The van der Waals surface area contributed by atoms with E-state index in [0.717, 1.165) is 39.6 Å². The van der Waals surface area contributed by atoms with Crippen LogP contribution in [0.3, 0.4) is 0 Å². The summed E-state index contributed by atoms with van der Waals surface area (Å²) in [5.74, 6) is 1.71. The second kappa shape index (κ2) is 12.8. The number of aliphatic carboxylic acids is 1. The zero-order valence-corrected chi connectivity index (χ0v) is 27.3. The molecule has 6 rings (SSSR count). The maximum atomic E-state index is 11.5. The van der Waals surface area contributed by atoms with E-state index in [0.29, 0.717) is 43.1 Å². The van der Waals surface area contributed by atoms with Gasteiger partial charge < -0.3 is 29.4 Å². The number of nitrogens with zero attached hydrogens (tertiary/aromatic N) is 2. The van der Waals surface area contributed by atoms with Crippen molar-refractivity contribution in [2.75, 3.05) is 37.1 Å². The van der Waals surface area contributed by atoms with Gasteiger partial charge in [-0.15, -0.1) is 0 Å². The number of carbonyl (C=O) groups is 1. The summed E-state index contributed by atoms with van der Waals surface area (Å²) in [6.07, 6.45) is 2.25. The van der Waals surface area contributed by atoms with Gasteiger partial charge in [-0.25, -0.2) is 13.4 Å². The number of fused-ring (bicyclic) bond motifs is 3. The van der Waals surface area contributed by atoms with E-state index in [1.807, 2.05) is 61.5 Å². The molecule has 10 nitrogen and oxygen atoms in total. The molecule has 3 heterocycles. The van der Waals surface area contributed by atoms with E-state index in [1.54, 1.807) is 0 Å². The minimum absolute atomic E-state index is 0. The zero-order chi connectivity index (χ0) is 29.4. The van der Waals surface area contributed by atoms with Crippen molar-refractivity contribution in [3.05, 3.63) is 71.5 Å². The van der Waals surface area contributed by atoms with Gasteiger partial charge in [-0.1, -0.05) is 31.2 Å². The fraction of sp³-hybridized carbons (Fsp3) is 0.355. The zero-order valence-electron chi connectivity index (χ0n) is 24.5. The second-order valence-electron chi connectivity index (χ2n) is 10.7. The summed E-state index contributed by atoms with van der Waals surface area (Å²) in [5, 5.41) is 14.6. The molecule has 2 aliphatic rings. The van der Waals surface area contributed by atoms with Gasteiger partial charge in [0.05, 0.1) is 36.2 Å². The van der Waals surface area contributed by atoms with E-state index in [-0.39, 0.29) is 60.3 Å². The standard InChI is InChI=1S/C31H33N3O7S.Na/c1-3-28-33-30-24(8-5-10-26(30)39-13-6-14-42(2,37)38)34(28)25-9-4-7-22-23(18-41-31(22)25)32-20-11-12-21-19(15-29(35)36)17-40-27(21)16-20;/h4-5,7-12,16,19,23,32H,3,6,13-15,17-18H2,1-2H3,(H,35,36);/q;+1/p-1/t19-,23-;/m1./s1. The summed E-state index contributed by atoms with van der Waals surface area (Å²) in [7, 11) is -3.05. The minimum Gasteiger partial charge on any atom is -0.550 e. The molecular formula is C31H32N3NaO7S. The second-order valence-corrected chi connectivity index (χ2v) is 13.0. The fourth-order valence-corrected chi connectivity index (χ4v) is 6.35. The molecule has 4 aromatic rings. The molecule has 220 valence electrons. The van der Waals surface area contributed by atoms with E-state index < -0.39 is 15.8 Å². The number of ether oxygens (including phenoxy) is 3. The number of carbonyl (C=O) groups excluding carboxylic acids is 1. The molecule has 0 unspecified atom stereocenters. The van der Waals surface area contributed by atoms with Crippen LogP contribution in [0, 0.1) is 0 Å². The molecule has 43 heavy (non-hydrogen) atoms. The Bertz CT molecular complexity index is 1770. The Morgan fingerprint density at radius 3 is 2.70 bits per heavy atom. The normalized spacial score (nSPS) is 17.0. The summed E-state index contributed by atoms with van der Waals surface area (Å²) >= 11 is 0. The first-order valence-electron chi connectivity index (χ1n) is 14.0. The molecule has 0 spiro atoms. The van der Waals surface area contributed by atoms with Crippen LogP contribution in [0.25, 0.3) is 16.7 Å². The molecule has 1 aromatic heterocycles. The van der Waals surface area contributed by atoms with E-state index in [9.17, 15) is 18.3 Å². The summed E-state index contributed by atoms with van der Waals surface area (Å²) in [4.78, 5) is 16.0. The molecule has 2 aliphatic heterocycles. The number of carboxylic acid groups (broad SMARTS) is 1. The molecule has 0 aliphatic carbocycles. The van der Waals surface area contributed by atoms with Gasteiger partial charge in [-0.05, 0) is 37.1 Å². The predicted molar refractivity (Wildman–Crippen MR) is 156 cm³/mol. The Kier molecular flexibility index (Phi) is 9.26. The van der Waals surface area contributed by atoms with Crippen LogP contribution in [-0.2, 0) is 21.1 Å². The third-order valence-electron chi connectivity index (χ3n) is 7.63. The van der Waals surface area contributed by atoms with E-state index in [1.165, 1.54) is 6.26 Å². The monoisotopic (exact) mass is 613 g/mol. The van der Waals surface area contributed by atoms with Gasteiger partial charge in [0.15, 0.2) is 0 Å². The van der Waals surface area contributed by atoms with Crippen molar-refractivity contribution in [3.8, 4) is 22.9 Å². The molecule has 0 radical (unpaired) electrons. The van der Waals surface area contributed by atoms with Crippen molar-refractivity contribution in [3.63, 3.8) is 0 Å². The van der Waals surface area contributed by atoms with Gasteiger partial charge in [-0.2, -0.15) is 0 Å². The summed E-state index contributed by atoms with van der Waals surface area (Å²) in [6, 6.07) is 17.5. The molecule has 0 bridgehead atoms. The minimum atomic E-state index is -3.05. The number of imidazole rings is 1. The first kappa shape index (κ1) is 31.2. The topological polar surface area (TPSA) is 132 Å². The van der Waals surface area contributed by atoms with Gasteiger partial charge >= 0.3 is 29.6 Å². The van der Waals surface area contributed by atoms with Crippen molar-refractivity contribution in [1.82, 2.24) is 9.55 Å². The first-order valence-corrected chi connectivity index (χ1v) is 16.1. The Morgan fingerprint density at radius 1 is 1.12 bits per heavy atom. The van der Waals surface area contributed by atoms with Gasteiger partial charge in [-0.3, -0.25) is 4.57 Å². The van der Waals surface area contributed by atoms with Gasteiger partial charge in [0.2, 0.25) is 0 Å². The summed E-state index contributed by atoms with van der Waals surface area (Å²) in [5.41, 5.74) is 5.23. The number of para-hydroxylation sites is 2. The maximum Gasteiger partial charge on any atom is 1.00 e. The fourth-order valence-electron chi connectivity index (χ4n) is 5.71. The summed E-state index contributed by atoms with van der Waals surface area (Å²) < 4.78 is 43.1. The van der Waals surface area contributed by atoms with Crippen LogP contribution < -0.4 is 54.2 Å². The molecule has 12 heteroatoms. The smallest absolute Gasteiger partial charge is 0.550 e. The van der Waals surface area contributed by atoms with Crippen molar-refractivity contribution in [2.24, 2.45) is 0 Å². The van der Waals surface area contributed by atoms with Crippen LogP contribution in [-0.4, -0.2) is 55.8 Å². The number of rotatable bonds is 11. The average molecular weight is 614 g/mol. The SMILES string of the molecule is CCc1nc2c(OCCCS(C)(=O)=O)cccc2n1-c1cccc2c1OC[C@H]2Nc1ccc2c(c1)OC[C@H]2CC(=O)[O-].[Na+]. The Hall–Kier alpha value is -3.25. The third kappa shape index (κ3) is 6.50. The predicted octanol–water partition coefficient (Wildman–Crippen LogP) is 0.567. The van der Waals surface area contributed by atoms with E-state index in [2.05, 4.69) is 9.88 Å². The maximum absolute atomic E-state index is 11.5. The van der Waals surface area contributed by atoms with Gasteiger partial charge in [0, 0.05) is 47.4 Å². The van der Waals surface area contributed by atoms with Crippen molar-refractivity contribution >= 4 is 32.5 Å². The van der Waals surface area contributed by atoms with E-state index in [4.69, 9.17) is 19.2 Å². The summed E-state index contributed by atoms with van der Waals surface area (Å²) in [6.45, 7) is 3.09. The Balaban J connectivity index is 0.00000368. The number of hydrogen-bond donors (Lipinski definition) is 1. The number of aryl methyl sites for hydroxylation is 1. The average Bonchev–Trinajstić information content (AvgIpc) is 3.66. The molecule has 0 amide bonds. The molecule has 0 fully saturated rings. The molecule has 0 saturated heterocycles. The Morgan fingerprint density at radius 2 is 1.93 bits per heavy atom. The molecule has 0 saturated carbocycles. The first-order chi connectivity index (χ1) is 20.2. The largest absolute Gasteiger partial charge is 1.00 e. The van der Waals surface area contributed by atoms with Crippen LogP contribution in [0.1, 0.15) is 48.7 Å². The van der Waals surface area contributed by atoms with Crippen molar-refractivity contribution in [1.29, 1.82) is 0 Å². The number of anilines is 1. The van der Waals surface area contributed by atoms with Crippen LogP contribution in [0.4, 0.5) is 5.69 Å². The number of hydrogen-bond acceptors (Lipinski definition) is 9. The van der Waals surface area contributed by atoms with Crippen LogP contribution >= 0.6 is 0 Å². The van der Waals surface area contributed by atoms with Crippen LogP contribution in [0.15, 0.2) is 54.6 Å². The number of carboxylic acids is 1. The van der Waals surface area contributed by atoms with Crippen molar-refractivity contribution < 1.29 is 62.1 Å². The molecule has 2 atom stereocenters. The molecular weight excluding hydrogens is 581 g/mol. The van der Waals surface area contributed by atoms with Crippen LogP contribution in [0.5, 0.6) is 17.2 Å². The molecule has 3 aromatic carbocycles. The number of aromatic nitrogens is 2. The van der Waals surface area contributed by atoms with Gasteiger partial charge in [0.1, 0.15) is 45.0 Å². The third-order valence-corrected chi connectivity index (χ3v) is 8.66. The Labute approximate surface area is 272 Å². The quantitative estimate of drug-likeness (QED) is 0.191. The number of benzene rings is 3. The van der Waals surface area contributed by atoms with Gasteiger partial charge in [0.25, 0.3) is 0 Å².